The Labute approximate surface area is 136 Å². The van der Waals surface area contributed by atoms with Gasteiger partial charge in [-0.2, -0.15) is 0 Å². The van der Waals surface area contributed by atoms with Crippen molar-refractivity contribution in [3.05, 3.63) is 27.7 Å². The van der Waals surface area contributed by atoms with E-state index in [1.165, 1.54) is 23.9 Å². The first-order chi connectivity index (χ1) is 8.80. The molecule has 9 heteroatoms. The van der Waals surface area contributed by atoms with Crippen molar-refractivity contribution in [2.75, 3.05) is 19.3 Å². The Morgan fingerprint density at radius 2 is 2.00 bits per heavy atom. The summed E-state index contributed by atoms with van der Waals surface area (Å²) in [5, 5.41) is 2.61. The maximum atomic E-state index is 12.9. The second-order valence-corrected chi connectivity index (χ2v) is 5.37. The molecule has 0 aliphatic carbocycles. The summed E-state index contributed by atoms with van der Waals surface area (Å²) in [6.07, 6.45) is 1.78. The van der Waals surface area contributed by atoms with Crippen molar-refractivity contribution in [2.45, 2.75) is 10.8 Å². The molecule has 0 aliphatic heterocycles. The standard InChI is InChI=1S/C11H12Cl2F2N2OS.ClH/c1-19-9-2-6(7(12)3-8(9)13)10(18)17-5-11(14,15)4-16;/h2-3H,4-5,16H2,1H3,(H,17,18);1H. The van der Waals surface area contributed by atoms with Crippen molar-refractivity contribution >= 4 is 53.3 Å². The van der Waals surface area contributed by atoms with Crippen LogP contribution in [0.2, 0.25) is 10.0 Å². The molecule has 0 aromatic heterocycles. The SMILES string of the molecule is CSc1cc(C(=O)NCC(F)(F)CN)c(Cl)cc1Cl.Cl. The van der Waals surface area contributed by atoms with Crippen LogP contribution in [0.1, 0.15) is 10.4 Å². The normalized spacial score (nSPS) is 10.9. The Morgan fingerprint density at radius 1 is 1.40 bits per heavy atom. The summed E-state index contributed by atoms with van der Waals surface area (Å²) in [4.78, 5) is 12.4. The largest absolute Gasteiger partial charge is 0.346 e. The lowest BCUT2D eigenvalue weighted by atomic mass is 10.2. The van der Waals surface area contributed by atoms with E-state index in [0.29, 0.717) is 9.92 Å². The second-order valence-electron chi connectivity index (χ2n) is 3.71. The predicted molar refractivity (Wildman–Crippen MR) is 81.8 cm³/mol. The van der Waals surface area contributed by atoms with Gasteiger partial charge in [0.05, 0.1) is 28.7 Å². The maximum absolute atomic E-state index is 12.9. The predicted octanol–water partition coefficient (Wildman–Crippen LogP) is 3.46. The molecule has 0 saturated carbocycles. The van der Waals surface area contributed by atoms with Gasteiger partial charge in [0.15, 0.2) is 0 Å². The van der Waals surface area contributed by atoms with Crippen LogP contribution >= 0.6 is 47.4 Å². The maximum Gasteiger partial charge on any atom is 0.277 e. The van der Waals surface area contributed by atoms with Crippen molar-refractivity contribution < 1.29 is 13.6 Å². The van der Waals surface area contributed by atoms with E-state index in [9.17, 15) is 13.6 Å². The zero-order valence-electron chi connectivity index (χ0n) is 10.4. The lowest BCUT2D eigenvalue weighted by Crippen LogP contribution is -2.41. The highest BCUT2D eigenvalue weighted by molar-refractivity contribution is 7.98. The molecular formula is C11H13Cl3F2N2OS. The van der Waals surface area contributed by atoms with Gasteiger partial charge in [-0.15, -0.1) is 24.2 Å². The Hall–Kier alpha value is -0.270. The molecule has 0 fully saturated rings. The molecule has 1 rings (SSSR count). The van der Waals surface area contributed by atoms with Gasteiger partial charge in [0.1, 0.15) is 0 Å². The van der Waals surface area contributed by atoms with E-state index in [-0.39, 0.29) is 23.0 Å². The summed E-state index contributed by atoms with van der Waals surface area (Å²) in [6, 6.07) is 2.87. The first-order valence-electron chi connectivity index (χ1n) is 5.20. The summed E-state index contributed by atoms with van der Waals surface area (Å²) in [6.45, 7) is -1.67. The highest BCUT2D eigenvalue weighted by Gasteiger charge is 2.27. The van der Waals surface area contributed by atoms with Gasteiger partial charge in [0.25, 0.3) is 11.8 Å². The van der Waals surface area contributed by atoms with E-state index in [0.717, 1.165) is 0 Å². The van der Waals surface area contributed by atoms with Gasteiger partial charge >= 0.3 is 0 Å². The lowest BCUT2D eigenvalue weighted by Gasteiger charge is -2.15. The number of amides is 1. The molecule has 1 aromatic carbocycles. The van der Waals surface area contributed by atoms with Gasteiger partial charge in [0.2, 0.25) is 0 Å². The minimum Gasteiger partial charge on any atom is -0.346 e. The van der Waals surface area contributed by atoms with E-state index in [4.69, 9.17) is 28.9 Å². The third-order valence-corrected chi connectivity index (χ3v) is 3.81. The van der Waals surface area contributed by atoms with Crippen molar-refractivity contribution in [3.8, 4) is 0 Å². The van der Waals surface area contributed by atoms with E-state index in [1.807, 2.05) is 0 Å². The van der Waals surface area contributed by atoms with Crippen molar-refractivity contribution in [3.63, 3.8) is 0 Å². The average Bonchev–Trinajstić information content (AvgIpc) is 2.36. The van der Waals surface area contributed by atoms with Crippen molar-refractivity contribution in [1.29, 1.82) is 0 Å². The average molecular weight is 366 g/mol. The number of alkyl halides is 2. The molecule has 0 radical (unpaired) electrons. The van der Waals surface area contributed by atoms with Crippen LogP contribution in [-0.2, 0) is 0 Å². The monoisotopic (exact) mass is 364 g/mol. The second kappa shape index (κ2) is 8.24. The van der Waals surface area contributed by atoms with Gasteiger partial charge in [-0.1, -0.05) is 23.2 Å². The van der Waals surface area contributed by atoms with Crippen LogP contribution in [0.3, 0.4) is 0 Å². The number of hydrogen-bond acceptors (Lipinski definition) is 3. The van der Waals surface area contributed by atoms with Crippen LogP contribution in [0.25, 0.3) is 0 Å². The molecule has 0 unspecified atom stereocenters. The number of hydrogen-bond donors (Lipinski definition) is 2. The molecule has 1 amide bonds. The Balaban J connectivity index is 0.00000361. The number of benzene rings is 1. The smallest absolute Gasteiger partial charge is 0.277 e. The van der Waals surface area contributed by atoms with Crippen LogP contribution in [-0.4, -0.2) is 31.2 Å². The molecule has 0 spiro atoms. The van der Waals surface area contributed by atoms with Crippen LogP contribution in [0, 0.1) is 0 Å². The Bertz CT molecular complexity index is 489. The molecule has 20 heavy (non-hydrogen) atoms. The van der Waals surface area contributed by atoms with Crippen LogP contribution < -0.4 is 11.1 Å². The van der Waals surface area contributed by atoms with Gasteiger partial charge < -0.3 is 11.1 Å². The van der Waals surface area contributed by atoms with Crippen LogP contribution in [0.5, 0.6) is 0 Å². The van der Waals surface area contributed by atoms with Crippen LogP contribution in [0.15, 0.2) is 17.0 Å². The molecule has 1 aromatic rings. The summed E-state index contributed by atoms with van der Waals surface area (Å²) >= 11 is 13.1. The van der Waals surface area contributed by atoms with Crippen molar-refractivity contribution in [1.82, 2.24) is 5.32 Å². The van der Waals surface area contributed by atoms with E-state index in [1.54, 1.807) is 6.26 Å². The number of nitrogens with two attached hydrogens (primary N) is 1. The zero-order valence-corrected chi connectivity index (χ0v) is 13.5. The van der Waals surface area contributed by atoms with Gasteiger partial charge in [-0.25, -0.2) is 8.78 Å². The Morgan fingerprint density at radius 3 is 2.50 bits per heavy atom. The minimum absolute atomic E-state index is 0. The van der Waals surface area contributed by atoms with E-state index >= 15 is 0 Å². The highest BCUT2D eigenvalue weighted by atomic mass is 35.5. The fourth-order valence-electron chi connectivity index (χ4n) is 1.24. The molecule has 3 N–H and O–H groups in total. The summed E-state index contributed by atoms with van der Waals surface area (Å²) < 4.78 is 25.9. The van der Waals surface area contributed by atoms with Gasteiger partial charge in [-0.05, 0) is 18.4 Å². The molecule has 0 aliphatic rings. The number of carbonyl (C=O) groups is 1. The number of halogens is 5. The third kappa shape index (κ3) is 5.26. The molecule has 0 bridgehead atoms. The van der Waals surface area contributed by atoms with Crippen molar-refractivity contribution in [2.24, 2.45) is 5.73 Å². The lowest BCUT2D eigenvalue weighted by molar-refractivity contribution is 0.0118. The first-order valence-corrected chi connectivity index (χ1v) is 7.18. The molecule has 0 atom stereocenters. The number of carbonyl (C=O) groups excluding carboxylic acids is 1. The third-order valence-electron chi connectivity index (χ3n) is 2.29. The molecule has 114 valence electrons. The number of thioether (sulfide) groups is 1. The summed E-state index contributed by atoms with van der Waals surface area (Å²) in [7, 11) is 0. The number of rotatable bonds is 5. The zero-order chi connectivity index (χ0) is 14.6. The fraction of sp³-hybridized carbons (Fsp3) is 0.364. The molecule has 3 nitrogen and oxygen atoms in total. The van der Waals surface area contributed by atoms with E-state index < -0.39 is 24.9 Å². The quantitative estimate of drug-likeness (QED) is 0.786. The summed E-state index contributed by atoms with van der Waals surface area (Å²) in [5.74, 6) is -3.83. The van der Waals surface area contributed by atoms with Gasteiger partial charge in [0, 0.05) is 4.90 Å². The van der Waals surface area contributed by atoms with Crippen LogP contribution in [0.4, 0.5) is 8.78 Å². The minimum atomic E-state index is -3.14. The Kier molecular flexibility index (Phi) is 8.13. The molecule has 0 heterocycles. The first kappa shape index (κ1) is 19.7. The molecule has 0 saturated heterocycles. The van der Waals surface area contributed by atoms with Gasteiger partial charge in [-0.3, -0.25) is 4.79 Å². The summed E-state index contributed by atoms with van der Waals surface area (Å²) in [5.41, 5.74) is 4.98. The molecular weight excluding hydrogens is 353 g/mol. The topological polar surface area (TPSA) is 55.1 Å². The fourth-order valence-corrected chi connectivity index (χ4v) is 2.43. The van der Waals surface area contributed by atoms with E-state index in [2.05, 4.69) is 5.32 Å². The highest BCUT2D eigenvalue weighted by Crippen LogP contribution is 2.31. The number of nitrogens with one attached hydrogen (secondary N) is 1.